The maximum absolute atomic E-state index is 12.8. The fraction of sp³-hybridized carbons (Fsp3) is 0.440. The van der Waals surface area contributed by atoms with Crippen LogP contribution in [-0.4, -0.2) is 61.9 Å². The molecule has 34 heavy (non-hydrogen) atoms. The van der Waals surface area contributed by atoms with Gasteiger partial charge in [-0.25, -0.2) is 0 Å². The van der Waals surface area contributed by atoms with Crippen LogP contribution in [0.2, 0.25) is 10.0 Å². The van der Waals surface area contributed by atoms with Gasteiger partial charge in [-0.3, -0.25) is 4.79 Å². The number of ketones is 1. The molecular formula is C25H29Cl2NO5S. The Morgan fingerprint density at radius 2 is 1.97 bits per heavy atom. The molecule has 1 atom stereocenters. The first-order valence-corrected chi connectivity index (χ1v) is 12.8. The Morgan fingerprint density at radius 1 is 1.18 bits per heavy atom. The fourth-order valence-electron chi connectivity index (χ4n) is 3.51. The summed E-state index contributed by atoms with van der Waals surface area (Å²) in [5.41, 5.74) is 1.94. The molecule has 1 unspecified atom stereocenters. The average molecular weight is 526 g/mol. The molecule has 0 aromatic heterocycles. The molecule has 1 aliphatic rings. The van der Waals surface area contributed by atoms with Crippen molar-refractivity contribution >= 4 is 46.7 Å². The molecule has 0 bridgehead atoms. The molecule has 3 rings (SSSR count). The van der Waals surface area contributed by atoms with Crippen LogP contribution in [0, 0.1) is 6.92 Å². The predicted octanol–water partition coefficient (Wildman–Crippen LogP) is 5.23. The number of amides is 1. The van der Waals surface area contributed by atoms with Crippen LogP contribution < -0.4 is 9.47 Å². The van der Waals surface area contributed by atoms with E-state index in [0.717, 1.165) is 16.0 Å². The third-order valence-corrected chi connectivity index (χ3v) is 7.35. The van der Waals surface area contributed by atoms with E-state index in [0.29, 0.717) is 60.7 Å². The van der Waals surface area contributed by atoms with Gasteiger partial charge in [0.2, 0.25) is 5.91 Å². The highest BCUT2D eigenvalue weighted by molar-refractivity contribution is 8.00. The Hall–Kier alpha value is -1.93. The minimum absolute atomic E-state index is 0.0226. The van der Waals surface area contributed by atoms with E-state index >= 15 is 0 Å². The number of ether oxygens (including phenoxy) is 3. The van der Waals surface area contributed by atoms with Crippen molar-refractivity contribution in [3.63, 3.8) is 0 Å². The molecule has 184 valence electrons. The summed E-state index contributed by atoms with van der Waals surface area (Å²) >= 11 is 13.8. The highest BCUT2D eigenvalue weighted by atomic mass is 35.5. The third-order valence-electron chi connectivity index (χ3n) is 5.47. The zero-order chi connectivity index (χ0) is 24.7. The van der Waals surface area contributed by atoms with Gasteiger partial charge < -0.3 is 23.9 Å². The first-order valence-electron chi connectivity index (χ1n) is 11.0. The van der Waals surface area contributed by atoms with Gasteiger partial charge in [0.15, 0.2) is 11.5 Å². The number of rotatable bonds is 10. The summed E-state index contributed by atoms with van der Waals surface area (Å²) in [5, 5.41) is 1.15. The quantitative estimate of drug-likeness (QED) is 0.395. The lowest BCUT2D eigenvalue weighted by molar-refractivity contribution is -0.137. The Bertz CT molecular complexity index is 1030. The maximum Gasteiger partial charge on any atom is 0.233 e. The zero-order valence-electron chi connectivity index (χ0n) is 19.6. The molecule has 1 aliphatic heterocycles. The molecule has 1 amide bonds. The van der Waals surface area contributed by atoms with Gasteiger partial charge in [0.1, 0.15) is 18.5 Å². The number of morpholine rings is 1. The summed E-state index contributed by atoms with van der Waals surface area (Å²) in [6.45, 7) is 5.23. The van der Waals surface area contributed by atoms with Crippen LogP contribution in [0.4, 0.5) is 0 Å². The van der Waals surface area contributed by atoms with Crippen LogP contribution in [0.1, 0.15) is 24.5 Å². The van der Waals surface area contributed by atoms with Crippen molar-refractivity contribution in [1.29, 1.82) is 0 Å². The lowest BCUT2D eigenvalue weighted by Gasteiger charge is -2.33. The molecule has 1 saturated heterocycles. The minimum atomic E-state index is -0.244. The molecule has 1 heterocycles. The predicted molar refractivity (Wildman–Crippen MR) is 136 cm³/mol. The largest absolute Gasteiger partial charge is 0.493 e. The lowest BCUT2D eigenvalue weighted by atomic mass is 10.1. The van der Waals surface area contributed by atoms with Crippen LogP contribution in [0.5, 0.6) is 11.5 Å². The summed E-state index contributed by atoms with van der Waals surface area (Å²) in [7, 11) is 1.58. The van der Waals surface area contributed by atoms with Crippen molar-refractivity contribution in [3.8, 4) is 11.5 Å². The van der Waals surface area contributed by atoms with E-state index < -0.39 is 0 Å². The van der Waals surface area contributed by atoms with Gasteiger partial charge in [0.05, 0.1) is 31.0 Å². The van der Waals surface area contributed by atoms with Crippen molar-refractivity contribution in [2.45, 2.75) is 37.7 Å². The number of methoxy groups -OCH3 is 1. The number of hydrogen-bond acceptors (Lipinski definition) is 6. The molecule has 0 radical (unpaired) electrons. The van der Waals surface area contributed by atoms with Crippen LogP contribution in [-0.2, 0) is 20.7 Å². The van der Waals surface area contributed by atoms with Crippen LogP contribution in [0.3, 0.4) is 0 Å². The van der Waals surface area contributed by atoms with E-state index in [2.05, 4.69) is 0 Å². The maximum atomic E-state index is 12.8. The molecule has 0 saturated carbocycles. The molecule has 1 fully saturated rings. The van der Waals surface area contributed by atoms with Gasteiger partial charge in [0.25, 0.3) is 0 Å². The number of carbonyl (C=O) groups is 2. The fourth-order valence-corrected chi connectivity index (χ4v) is 4.97. The van der Waals surface area contributed by atoms with Crippen molar-refractivity contribution in [3.05, 3.63) is 51.5 Å². The SMILES string of the molecule is COc1cc(CCC(C)=O)ccc1OCC1CN(C(=O)CSc2cc(C)c(Cl)cc2Cl)CCO1. The number of hydrogen-bond donors (Lipinski definition) is 0. The number of Topliss-reactive ketones (excluding diaryl/α,β-unsaturated/α-hetero) is 1. The summed E-state index contributed by atoms with van der Waals surface area (Å²) < 4.78 is 17.2. The lowest BCUT2D eigenvalue weighted by Crippen LogP contribution is -2.48. The summed E-state index contributed by atoms with van der Waals surface area (Å²) in [6, 6.07) is 9.26. The van der Waals surface area contributed by atoms with E-state index in [1.54, 1.807) is 25.0 Å². The summed E-state index contributed by atoms with van der Waals surface area (Å²) in [6.07, 6.45) is 0.907. The third kappa shape index (κ3) is 7.54. The highest BCUT2D eigenvalue weighted by Gasteiger charge is 2.25. The van der Waals surface area contributed by atoms with Gasteiger partial charge in [-0.05, 0) is 55.7 Å². The summed E-state index contributed by atoms with van der Waals surface area (Å²) in [4.78, 5) is 26.7. The minimum Gasteiger partial charge on any atom is -0.493 e. The van der Waals surface area contributed by atoms with Crippen LogP contribution in [0.25, 0.3) is 0 Å². The normalized spacial score (nSPS) is 15.8. The standard InChI is InChI=1S/C25H29Cl2NO5S/c1-16-10-24(21(27)12-20(16)26)34-15-25(30)28-8-9-32-19(13-28)14-33-22-7-6-18(5-4-17(2)29)11-23(22)31-3/h6-7,10-12,19H,4-5,8-9,13-15H2,1-3H3. The van der Waals surface area contributed by atoms with E-state index in [1.807, 2.05) is 31.2 Å². The molecule has 0 N–H and O–H groups in total. The Morgan fingerprint density at radius 3 is 2.71 bits per heavy atom. The zero-order valence-corrected chi connectivity index (χ0v) is 21.9. The number of thioether (sulfide) groups is 1. The van der Waals surface area contributed by atoms with Gasteiger partial charge in [-0.15, -0.1) is 11.8 Å². The van der Waals surface area contributed by atoms with Crippen molar-refractivity contribution in [1.82, 2.24) is 4.90 Å². The smallest absolute Gasteiger partial charge is 0.233 e. The van der Waals surface area contributed by atoms with Gasteiger partial charge in [0, 0.05) is 22.9 Å². The Labute approximate surface area is 214 Å². The number of benzene rings is 2. The number of halogens is 2. The Kier molecular flexibility index (Phi) is 9.95. The number of carbonyl (C=O) groups excluding carboxylic acids is 2. The highest BCUT2D eigenvalue weighted by Crippen LogP contribution is 2.32. The van der Waals surface area contributed by atoms with Crippen molar-refractivity contribution in [2.75, 3.05) is 39.2 Å². The van der Waals surface area contributed by atoms with E-state index in [4.69, 9.17) is 37.4 Å². The second kappa shape index (κ2) is 12.7. The number of aryl methyl sites for hydroxylation is 2. The molecule has 2 aromatic rings. The monoisotopic (exact) mass is 525 g/mol. The van der Waals surface area contributed by atoms with E-state index in [-0.39, 0.29) is 23.5 Å². The molecule has 6 nitrogen and oxygen atoms in total. The van der Waals surface area contributed by atoms with Crippen LogP contribution in [0.15, 0.2) is 35.2 Å². The molecular weight excluding hydrogens is 497 g/mol. The van der Waals surface area contributed by atoms with Crippen LogP contribution >= 0.6 is 35.0 Å². The summed E-state index contributed by atoms with van der Waals surface area (Å²) in [5.74, 6) is 1.66. The Balaban J connectivity index is 1.52. The molecule has 0 spiro atoms. The van der Waals surface area contributed by atoms with Crippen molar-refractivity contribution in [2.24, 2.45) is 0 Å². The van der Waals surface area contributed by atoms with Gasteiger partial charge >= 0.3 is 0 Å². The second-order valence-electron chi connectivity index (χ2n) is 8.15. The molecule has 0 aliphatic carbocycles. The molecule has 9 heteroatoms. The second-order valence-corrected chi connectivity index (χ2v) is 9.98. The van der Waals surface area contributed by atoms with Crippen molar-refractivity contribution < 1.29 is 23.8 Å². The van der Waals surface area contributed by atoms with Gasteiger partial charge in [-0.2, -0.15) is 0 Å². The first kappa shape index (κ1) is 26.7. The first-order chi connectivity index (χ1) is 16.3. The van der Waals surface area contributed by atoms with E-state index in [1.165, 1.54) is 11.8 Å². The van der Waals surface area contributed by atoms with E-state index in [9.17, 15) is 9.59 Å². The average Bonchev–Trinajstić information content (AvgIpc) is 2.83. The number of nitrogens with zero attached hydrogens (tertiary/aromatic N) is 1. The van der Waals surface area contributed by atoms with Gasteiger partial charge in [-0.1, -0.05) is 29.3 Å². The molecule has 2 aromatic carbocycles. The topological polar surface area (TPSA) is 65.1 Å².